The Morgan fingerprint density at radius 2 is 1.50 bits per heavy atom. The molecule has 0 rings (SSSR count). The van der Waals surface area contributed by atoms with E-state index in [2.05, 4.69) is 16.1 Å². The van der Waals surface area contributed by atoms with Crippen LogP contribution in [0.2, 0.25) is 0 Å². The first-order chi connectivity index (χ1) is 7.68. The lowest BCUT2D eigenvalue weighted by Gasteiger charge is -2.06. The highest BCUT2D eigenvalue weighted by Gasteiger charge is 2.01. The van der Waals surface area contributed by atoms with Crippen LogP contribution in [0.25, 0.3) is 0 Å². The quantitative estimate of drug-likeness (QED) is 0.310. The van der Waals surface area contributed by atoms with E-state index in [4.69, 9.17) is 23.5 Å². The summed E-state index contributed by atoms with van der Waals surface area (Å²) in [6.07, 6.45) is 0. The predicted molar refractivity (Wildman–Crippen MR) is 56.3 cm³/mol. The Labute approximate surface area is 96.3 Å². The Bertz CT molecular complexity index is 203. The Balaban J connectivity index is 3.10. The molecule has 0 spiro atoms. The van der Waals surface area contributed by atoms with Gasteiger partial charge in [-0.15, -0.1) is 0 Å². The lowest BCUT2D eigenvalue weighted by atomic mass is 10.4. The average Bonchev–Trinajstić information content (AvgIpc) is 2.26. The summed E-state index contributed by atoms with van der Waals surface area (Å²) in [5.74, 6) is -0.625. The fraction of sp³-hybridized carbons (Fsp3) is 0.545. The highest BCUT2D eigenvalue weighted by Crippen LogP contribution is 1.91. The van der Waals surface area contributed by atoms with E-state index in [1.54, 1.807) is 0 Å². The normalized spacial score (nSPS) is 10.1. The smallest absolute Gasteiger partial charge is 0.333 e. The molecular formula is C11H16O5. The van der Waals surface area contributed by atoms with Gasteiger partial charge in [0.15, 0.2) is 0 Å². The molecule has 0 aromatic heterocycles. The van der Waals surface area contributed by atoms with E-state index in [0.29, 0.717) is 26.4 Å². The first kappa shape index (κ1) is 15.1. The van der Waals surface area contributed by atoms with E-state index in [0.717, 1.165) is 0 Å². The molecule has 0 aromatic rings. The molecule has 0 saturated heterocycles. The van der Waals surface area contributed by atoms with E-state index in [1.165, 1.54) is 0 Å². The molecule has 16 heavy (non-hydrogen) atoms. The van der Waals surface area contributed by atoms with Crippen LogP contribution >= 0.6 is 0 Å². The third kappa shape index (κ3) is 9.64. The molecule has 0 saturated carbocycles. The van der Waals surface area contributed by atoms with Gasteiger partial charge in [0.2, 0.25) is 0 Å². The molecule has 0 fully saturated rings. The maximum atomic E-state index is 10.8. The van der Waals surface area contributed by atoms with Crippen molar-refractivity contribution in [3.63, 3.8) is 0 Å². The van der Waals surface area contributed by atoms with Crippen molar-refractivity contribution in [1.82, 2.24) is 0 Å². The number of ether oxygens (including phenoxy) is 4. The van der Waals surface area contributed by atoms with Gasteiger partial charge in [-0.2, -0.15) is 0 Å². The molecule has 4 radical (unpaired) electrons. The summed E-state index contributed by atoms with van der Waals surface area (Å²) in [6, 6.07) is 0. The van der Waals surface area contributed by atoms with Gasteiger partial charge in [-0.1, -0.05) is 6.58 Å². The van der Waals surface area contributed by atoms with Crippen molar-refractivity contribution in [2.24, 2.45) is 0 Å². The van der Waals surface area contributed by atoms with Crippen LogP contribution in [0.3, 0.4) is 0 Å². The number of rotatable bonds is 10. The van der Waals surface area contributed by atoms with E-state index in [1.807, 2.05) is 0 Å². The predicted octanol–water partition coefficient (Wildman–Crippen LogP) is 0.515. The van der Waals surface area contributed by atoms with Crippen molar-refractivity contribution in [3.8, 4) is 0 Å². The fourth-order valence-corrected chi connectivity index (χ4v) is 0.715. The lowest BCUT2D eigenvalue weighted by Crippen LogP contribution is -2.13. The molecule has 0 aromatic carbocycles. The topological polar surface area (TPSA) is 54.0 Å². The van der Waals surface area contributed by atoms with Crippen molar-refractivity contribution in [2.75, 3.05) is 39.6 Å². The lowest BCUT2D eigenvalue weighted by molar-refractivity contribution is -0.140. The second kappa shape index (κ2) is 10.6. The molecule has 5 heteroatoms. The van der Waals surface area contributed by atoms with E-state index in [9.17, 15) is 4.79 Å². The number of hydrogen-bond donors (Lipinski definition) is 0. The zero-order valence-electron chi connectivity index (χ0n) is 9.15. The number of carbonyl (C=O) groups excluding carboxylic acids is 1. The Morgan fingerprint density at radius 3 is 2.00 bits per heavy atom. The molecule has 90 valence electrons. The van der Waals surface area contributed by atoms with Gasteiger partial charge < -0.3 is 18.9 Å². The van der Waals surface area contributed by atoms with Crippen LogP contribution in [0, 0.1) is 14.0 Å². The van der Waals surface area contributed by atoms with Crippen molar-refractivity contribution >= 4 is 5.97 Å². The highest BCUT2D eigenvalue weighted by molar-refractivity contribution is 5.88. The van der Waals surface area contributed by atoms with E-state index < -0.39 is 5.97 Å². The van der Waals surface area contributed by atoms with Crippen LogP contribution in [0.15, 0.2) is 12.2 Å². The molecule has 0 atom stereocenters. The van der Waals surface area contributed by atoms with Crippen molar-refractivity contribution in [1.29, 1.82) is 0 Å². The minimum atomic E-state index is -0.625. The maximum Gasteiger partial charge on any atom is 0.333 e. The summed E-state index contributed by atoms with van der Waals surface area (Å²) in [6.45, 7) is 10.4. The third-order valence-corrected chi connectivity index (χ3v) is 1.44. The third-order valence-electron chi connectivity index (χ3n) is 1.44. The molecule has 5 nitrogen and oxygen atoms in total. The summed E-state index contributed by atoms with van der Waals surface area (Å²) < 4.78 is 19.1. The standard InChI is InChI=1S/C11H16O5/c1-10(2)11(12)16-9-8-15-7-6-14-5-4-13-3/h1,3H,2,4-9H2. The van der Waals surface area contributed by atoms with Crippen LogP contribution in [0.1, 0.15) is 0 Å². The van der Waals surface area contributed by atoms with Gasteiger partial charge in [-0.25, -0.2) is 4.79 Å². The van der Waals surface area contributed by atoms with Crippen LogP contribution in [0.4, 0.5) is 0 Å². The fourth-order valence-electron chi connectivity index (χ4n) is 0.715. The van der Waals surface area contributed by atoms with Gasteiger partial charge >= 0.3 is 5.97 Å². The van der Waals surface area contributed by atoms with Crippen molar-refractivity contribution < 1.29 is 23.7 Å². The summed E-state index contributed by atoms with van der Waals surface area (Å²) in [4.78, 5) is 10.8. The van der Waals surface area contributed by atoms with E-state index >= 15 is 0 Å². The number of esters is 1. The highest BCUT2D eigenvalue weighted by atomic mass is 16.6. The second-order valence-corrected chi connectivity index (χ2v) is 2.76. The largest absolute Gasteiger partial charge is 0.460 e. The van der Waals surface area contributed by atoms with Crippen molar-refractivity contribution in [3.05, 3.63) is 26.2 Å². The van der Waals surface area contributed by atoms with Gasteiger partial charge in [0.25, 0.3) is 0 Å². The zero-order valence-corrected chi connectivity index (χ0v) is 9.15. The summed E-state index contributed by atoms with van der Waals surface area (Å²) in [5, 5.41) is 0. The van der Waals surface area contributed by atoms with Crippen LogP contribution < -0.4 is 0 Å². The monoisotopic (exact) mass is 228 g/mol. The van der Waals surface area contributed by atoms with Crippen LogP contribution in [-0.4, -0.2) is 45.6 Å². The van der Waals surface area contributed by atoms with Gasteiger partial charge in [-0.05, 0) is 0 Å². The summed E-state index contributed by atoms with van der Waals surface area (Å²) in [7, 11) is 4.78. The first-order valence-electron chi connectivity index (χ1n) is 4.77. The SMILES string of the molecule is [CH]OCCOCCOCCOC(=O)C([CH])=C. The molecule has 0 aliphatic rings. The maximum absolute atomic E-state index is 10.8. The number of carbonyl (C=O) groups is 1. The molecular weight excluding hydrogens is 212 g/mol. The molecule has 0 aliphatic carbocycles. The Kier molecular flexibility index (Phi) is 10.00. The van der Waals surface area contributed by atoms with E-state index in [-0.39, 0.29) is 18.8 Å². The summed E-state index contributed by atoms with van der Waals surface area (Å²) in [5.41, 5.74) is -0.120. The molecule has 0 heterocycles. The zero-order chi connectivity index (χ0) is 12.2. The van der Waals surface area contributed by atoms with Crippen molar-refractivity contribution in [2.45, 2.75) is 0 Å². The molecule has 0 unspecified atom stereocenters. The molecule has 0 N–H and O–H groups in total. The Morgan fingerprint density at radius 1 is 1.00 bits per heavy atom. The first-order valence-corrected chi connectivity index (χ1v) is 4.77. The minimum absolute atomic E-state index is 0.120. The minimum Gasteiger partial charge on any atom is -0.460 e. The summed E-state index contributed by atoms with van der Waals surface area (Å²) >= 11 is 0. The van der Waals surface area contributed by atoms with Gasteiger partial charge in [0, 0.05) is 12.5 Å². The second-order valence-electron chi connectivity index (χ2n) is 2.76. The number of hydrogen-bond acceptors (Lipinski definition) is 5. The van der Waals surface area contributed by atoms with Gasteiger partial charge in [-0.3, -0.25) is 0 Å². The van der Waals surface area contributed by atoms with Crippen LogP contribution in [0.5, 0.6) is 0 Å². The van der Waals surface area contributed by atoms with Crippen LogP contribution in [-0.2, 0) is 23.7 Å². The molecule has 0 aliphatic heterocycles. The molecule has 0 bridgehead atoms. The molecule has 0 amide bonds. The van der Waals surface area contributed by atoms with Gasteiger partial charge in [0.05, 0.1) is 33.0 Å². The average molecular weight is 228 g/mol. The van der Waals surface area contributed by atoms with Gasteiger partial charge in [0.1, 0.15) is 13.7 Å². The Hall–Kier alpha value is -0.910.